The molecule has 1 aromatic heterocycles. The molecule has 146 valence electrons. The van der Waals surface area contributed by atoms with Crippen molar-refractivity contribution >= 4 is 33.2 Å². The van der Waals surface area contributed by atoms with E-state index in [4.69, 9.17) is 18.9 Å². The SMILES string of the molecule is CCOC(=O)c1sc2ccccc2c1OCC(=O)c1ccc(OC)cc1OC. The minimum absolute atomic E-state index is 0.240. The van der Waals surface area contributed by atoms with Gasteiger partial charge in [0.2, 0.25) is 5.78 Å². The van der Waals surface area contributed by atoms with Crippen molar-refractivity contribution in [1.82, 2.24) is 0 Å². The highest BCUT2D eigenvalue weighted by Gasteiger charge is 2.22. The molecule has 6 nitrogen and oxygen atoms in total. The molecule has 0 atom stereocenters. The Bertz CT molecular complexity index is 1010. The van der Waals surface area contributed by atoms with E-state index in [1.165, 1.54) is 25.6 Å². The lowest BCUT2D eigenvalue weighted by molar-refractivity contribution is 0.0526. The first kappa shape index (κ1) is 19.7. The van der Waals surface area contributed by atoms with Gasteiger partial charge in [-0.1, -0.05) is 12.1 Å². The third-order valence-corrected chi connectivity index (χ3v) is 5.20. The van der Waals surface area contributed by atoms with Gasteiger partial charge in [-0.25, -0.2) is 4.79 Å². The molecule has 1 heterocycles. The lowest BCUT2D eigenvalue weighted by Crippen LogP contribution is -2.14. The Kier molecular flexibility index (Phi) is 6.16. The van der Waals surface area contributed by atoms with E-state index >= 15 is 0 Å². The van der Waals surface area contributed by atoms with Gasteiger partial charge in [-0.2, -0.15) is 0 Å². The van der Waals surface area contributed by atoms with E-state index in [9.17, 15) is 9.59 Å². The molecule has 0 aliphatic heterocycles. The summed E-state index contributed by atoms with van der Waals surface area (Å²) in [6.07, 6.45) is 0. The Morgan fingerprint density at radius 2 is 1.82 bits per heavy atom. The van der Waals surface area contributed by atoms with Crippen molar-refractivity contribution in [2.75, 3.05) is 27.4 Å². The standard InChI is InChI=1S/C21H20O6S/c1-4-26-21(23)20-19(15-7-5-6-8-18(15)28-20)27-12-16(22)14-10-9-13(24-2)11-17(14)25-3/h5-11H,4,12H2,1-3H3. The van der Waals surface area contributed by atoms with Crippen LogP contribution in [0.5, 0.6) is 17.2 Å². The number of Topliss-reactive ketones (excluding diaryl/α,β-unsaturated/α-hetero) is 1. The van der Waals surface area contributed by atoms with E-state index in [2.05, 4.69) is 0 Å². The summed E-state index contributed by atoms with van der Waals surface area (Å²) < 4.78 is 22.2. The molecule has 3 rings (SSSR count). The normalized spacial score (nSPS) is 10.5. The monoisotopic (exact) mass is 400 g/mol. The summed E-state index contributed by atoms with van der Waals surface area (Å²) >= 11 is 1.28. The van der Waals surface area contributed by atoms with Gasteiger partial charge in [0.1, 0.15) is 11.5 Å². The number of methoxy groups -OCH3 is 2. The minimum atomic E-state index is -0.465. The van der Waals surface area contributed by atoms with Gasteiger partial charge < -0.3 is 18.9 Å². The number of carbonyl (C=O) groups excluding carboxylic acids is 2. The van der Waals surface area contributed by atoms with E-state index < -0.39 is 5.97 Å². The third-order valence-electron chi connectivity index (χ3n) is 4.07. The summed E-state index contributed by atoms with van der Waals surface area (Å²) in [5.41, 5.74) is 0.375. The van der Waals surface area contributed by atoms with Crippen molar-refractivity contribution < 1.29 is 28.5 Å². The van der Waals surface area contributed by atoms with Crippen LogP contribution in [0.25, 0.3) is 10.1 Å². The van der Waals surface area contributed by atoms with Crippen LogP contribution in [0, 0.1) is 0 Å². The van der Waals surface area contributed by atoms with Crippen LogP contribution < -0.4 is 14.2 Å². The number of thiophene rings is 1. The van der Waals surface area contributed by atoms with Crippen LogP contribution in [-0.4, -0.2) is 39.2 Å². The number of ketones is 1. The lowest BCUT2D eigenvalue weighted by atomic mass is 10.1. The highest BCUT2D eigenvalue weighted by molar-refractivity contribution is 7.21. The summed E-state index contributed by atoms with van der Waals surface area (Å²) in [4.78, 5) is 25.4. The van der Waals surface area contributed by atoms with Gasteiger partial charge in [0.25, 0.3) is 0 Å². The molecular weight excluding hydrogens is 380 g/mol. The summed E-state index contributed by atoms with van der Waals surface area (Å²) in [6.45, 7) is 1.76. The molecule has 2 aromatic carbocycles. The molecule has 0 saturated heterocycles. The Labute approximate surface area is 166 Å². The molecule has 0 saturated carbocycles. The van der Waals surface area contributed by atoms with Gasteiger partial charge in [-0.05, 0) is 31.2 Å². The van der Waals surface area contributed by atoms with Crippen LogP contribution in [-0.2, 0) is 4.74 Å². The van der Waals surface area contributed by atoms with Gasteiger partial charge >= 0.3 is 5.97 Å². The predicted octanol–water partition coefficient (Wildman–Crippen LogP) is 4.36. The topological polar surface area (TPSA) is 71.1 Å². The van der Waals surface area contributed by atoms with Gasteiger partial charge in [0.05, 0.1) is 26.4 Å². The molecule has 0 spiro atoms. The fourth-order valence-electron chi connectivity index (χ4n) is 2.74. The van der Waals surface area contributed by atoms with Gasteiger partial charge in [0, 0.05) is 16.2 Å². The number of fused-ring (bicyclic) bond motifs is 1. The van der Waals surface area contributed by atoms with E-state index in [0.29, 0.717) is 27.7 Å². The van der Waals surface area contributed by atoms with Crippen molar-refractivity contribution in [3.63, 3.8) is 0 Å². The maximum atomic E-state index is 12.7. The Hall–Kier alpha value is -3.06. The fraction of sp³-hybridized carbons (Fsp3) is 0.238. The second kappa shape index (κ2) is 8.75. The van der Waals surface area contributed by atoms with Gasteiger partial charge in [0.15, 0.2) is 17.2 Å². The van der Waals surface area contributed by atoms with E-state index in [-0.39, 0.29) is 19.0 Å². The average molecular weight is 400 g/mol. The number of carbonyl (C=O) groups is 2. The zero-order valence-electron chi connectivity index (χ0n) is 15.8. The zero-order valence-corrected chi connectivity index (χ0v) is 16.6. The zero-order chi connectivity index (χ0) is 20.1. The molecule has 7 heteroatoms. The first-order valence-corrected chi connectivity index (χ1v) is 9.47. The van der Waals surface area contributed by atoms with E-state index in [0.717, 1.165) is 10.1 Å². The highest BCUT2D eigenvalue weighted by Crippen LogP contribution is 2.38. The molecule has 0 unspecified atom stereocenters. The largest absolute Gasteiger partial charge is 0.497 e. The van der Waals surface area contributed by atoms with Gasteiger partial charge in [-0.3, -0.25) is 4.79 Å². The summed E-state index contributed by atoms with van der Waals surface area (Å²) in [6, 6.07) is 12.4. The maximum absolute atomic E-state index is 12.7. The second-order valence-electron chi connectivity index (χ2n) is 5.76. The number of esters is 1. The van der Waals surface area contributed by atoms with E-state index in [1.807, 2.05) is 24.3 Å². The smallest absolute Gasteiger partial charge is 0.352 e. The molecule has 0 bridgehead atoms. The first-order chi connectivity index (χ1) is 13.6. The molecule has 0 aliphatic rings. The molecule has 0 amide bonds. The molecule has 0 aliphatic carbocycles. The lowest BCUT2D eigenvalue weighted by Gasteiger charge is -2.11. The molecular formula is C21H20O6S. The third kappa shape index (κ3) is 3.94. The van der Waals surface area contributed by atoms with Crippen molar-refractivity contribution in [3.8, 4) is 17.2 Å². The van der Waals surface area contributed by atoms with Gasteiger partial charge in [-0.15, -0.1) is 11.3 Å². The number of hydrogen-bond donors (Lipinski definition) is 0. The Balaban J connectivity index is 1.88. The van der Waals surface area contributed by atoms with Crippen molar-refractivity contribution in [2.24, 2.45) is 0 Å². The van der Waals surface area contributed by atoms with Crippen molar-refractivity contribution in [1.29, 1.82) is 0 Å². The predicted molar refractivity (Wildman–Crippen MR) is 107 cm³/mol. The van der Waals surface area contributed by atoms with Crippen molar-refractivity contribution in [2.45, 2.75) is 6.92 Å². The molecule has 0 N–H and O–H groups in total. The fourth-order valence-corrected chi connectivity index (χ4v) is 3.78. The molecule has 28 heavy (non-hydrogen) atoms. The van der Waals surface area contributed by atoms with Crippen LogP contribution in [0.2, 0.25) is 0 Å². The first-order valence-electron chi connectivity index (χ1n) is 8.65. The number of rotatable bonds is 8. The average Bonchev–Trinajstić information content (AvgIpc) is 3.10. The van der Waals surface area contributed by atoms with Crippen LogP contribution >= 0.6 is 11.3 Å². The summed E-state index contributed by atoms with van der Waals surface area (Å²) in [5.74, 6) is 0.606. The second-order valence-corrected chi connectivity index (χ2v) is 6.81. The number of hydrogen-bond acceptors (Lipinski definition) is 7. The molecule has 0 radical (unpaired) electrons. The summed E-state index contributed by atoms with van der Waals surface area (Å²) in [7, 11) is 3.02. The number of ether oxygens (including phenoxy) is 4. The van der Waals surface area contributed by atoms with Crippen LogP contribution in [0.1, 0.15) is 27.0 Å². The minimum Gasteiger partial charge on any atom is -0.497 e. The van der Waals surface area contributed by atoms with Crippen LogP contribution in [0.3, 0.4) is 0 Å². The van der Waals surface area contributed by atoms with Crippen LogP contribution in [0.15, 0.2) is 42.5 Å². The molecule has 3 aromatic rings. The quantitative estimate of drug-likeness (QED) is 0.413. The summed E-state index contributed by atoms with van der Waals surface area (Å²) in [5, 5.41) is 0.769. The highest BCUT2D eigenvalue weighted by atomic mass is 32.1. The molecule has 0 fully saturated rings. The number of benzene rings is 2. The maximum Gasteiger partial charge on any atom is 0.352 e. The van der Waals surface area contributed by atoms with Crippen LogP contribution in [0.4, 0.5) is 0 Å². The van der Waals surface area contributed by atoms with Crippen molar-refractivity contribution in [3.05, 3.63) is 52.9 Å². The Morgan fingerprint density at radius 1 is 1.04 bits per heavy atom. The Morgan fingerprint density at radius 3 is 2.54 bits per heavy atom. The van der Waals surface area contributed by atoms with E-state index in [1.54, 1.807) is 25.1 Å².